The summed E-state index contributed by atoms with van der Waals surface area (Å²) in [6, 6.07) is 6.88. The van der Waals surface area contributed by atoms with Crippen molar-refractivity contribution in [3.8, 4) is 0 Å². The van der Waals surface area contributed by atoms with Gasteiger partial charge in [0.2, 0.25) is 0 Å². The highest BCUT2D eigenvalue weighted by molar-refractivity contribution is 5.69. The minimum absolute atomic E-state index is 0.666. The number of nitrogen functional groups attached to an aromatic ring is 1. The molecular formula is C13H20N2O. The summed E-state index contributed by atoms with van der Waals surface area (Å²) in [4.78, 5) is 2.38. The fourth-order valence-electron chi connectivity index (χ4n) is 1.98. The normalized spacial score (nSPS) is 15.1. The lowest BCUT2D eigenvalue weighted by molar-refractivity contribution is 0.205. The lowest BCUT2D eigenvalue weighted by Gasteiger charge is -2.26. The maximum atomic E-state index is 6.05. The molecule has 0 aliphatic heterocycles. The Morgan fingerprint density at radius 3 is 2.81 bits per heavy atom. The van der Waals surface area contributed by atoms with Crippen LogP contribution in [0.15, 0.2) is 18.2 Å². The zero-order valence-corrected chi connectivity index (χ0v) is 10.1. The first-order chi connectivity index (χ1) is 7.72. The van der Waals surface area contributed by atoms with Gasteiger partial charge in [0.1, 0.15) is 0 Å². The van der Waals surface area contributed by atoms with Gasteiger partial charge in [0.25, 0.3) is 0 Å². The van der Waals surface area contributed by atoms with Crippen LogP contribution in [0.4, 0.5) is 11.4 Å². The lowest BCUT2D eigenvalue weighted by Crippen LogP contribution is -2.30. The second-order valence-corrected chi connectivity index (χ2v) is 4.48. The molecule has 1 fully saturated rings. The minimum Gasteiger partial charge on any atom is -0.397 e. The van der Waals surface area contributed by atoms with Crippen LogP contribution >= 0.6 is 0 Å². The highest BCUT2D eigenvalue weighted by Crippen LogP contribution is 2.34. The molecule has 0 amide bonds. The summed E-state index contributed by atoms with van der Waals surface area (Å²) >= 11 is 0. The number of nitrogens with two attached hydrogens (primary N) is 1. The molecule has 1 aliphatic rings. The molecule has 3 heteroatoms. The van der Waals surface area contributed by atoms with Crippen molar-refractivity contribution in [1.29, 1.82) is 0 Å². The Bertz CT molecular complexity index is 361. The molecule has 1 aliphatic carbocycles. The third-order valence-corrected chi connectivity index (χ3v) is 3.02. The van der Waals surface area contributed by atoms with E-state index in [1.165, 1.54) is 24.1 Å². The van der Waals surface area contributed by atoms with Crippen LogP contribution in [0.3, 0.4) is 0 Å². The molecule has 3 nitrogen and oxygen atoms in total. The van der Waals surface area contributed by atoms with Crippen molar-refractivity contribution in [2.24, 2.45) is 0 Å². The fraction of sp³-hybridized carbons (Fsp3) is 0.538. The van der Waals surface area contributed by atoms with Gasteiger partial charge in [0, 0.05) is 19.7 Å². The molecule has 0 radical (unpaired) electrons. The Balaban J connectivity index is 2.19. The number of methoxy groups -OCH3 is 1. The summed E-state index contributed by atoms with van der Waals surface area (Å²) in [6.45, 7) is 3.78. The van der Waals surface area contributed by atoms with Crippen molar-refractivity contribution >= 4 is 11.4 Å². The number of benzene rings is 1. The molecule has 16 heavy (non-hydrogen) atoms. The van der Waals surface area contributed by atoms with Crippen molar-refractivity contribution in [3.05, 3.63) is 23.8 Å². The summed E-state index contributed by atoms with van der Waals surface area (Å²) < 4.78 is 5.16. The average Bonchev–Trinajstić information content (AvgIpc) is 3.08. The molecule has 2 N–H and O–H groups in total. The summed E-state index contributed by atoms with van der Waals surface area (Å²) in [7, 11) is 1.74. The van der Waals surface area contributed by atoms with E-state index in [1.54, 1.807) is 7.11 Å². The maximum absolute atomic E-state index is 6.05. The molecule has 2 rings (SSSR count). The number of rotatable bonds is 5. The van der Waals surface area contributed by atoms with E-state index < -0.39 is 0 Å². The third kappa shape index (κ3) is 2.47. The van der Waals surface area contributed by atoms with Gasteiger partial charge in [-0.25, -0.2) is 0 Å². The van der Waals surface area contributed by atoms with E-state index in [9.17, 15) is 0 Å². The Morgan fingerprint density at radius 1 is 1.44 bits per heavy atom. The monoisotopic (exact) mass is 220 g/mol. The minimum atomic E-state index is 0.666. The van der Waals surface area contributed by atoms with Gasteiger partial charge >= 0.3 is 0 Å². The molecule has 1 aromatic carbocycles. The molecule has 0 saturated heterocycles. The van der Waals surface area contributed by atoms with Crippen LogP contribution in [0.1, 0.15) is 18.4 Å². The molecule has 0 heterocycles. The number of nitrogens with zero attached hydrogens (tertiary/aromatic N) is 1. The summed E-state index contributed by atoms with van der Waals surface area (Å²) in [5, 5.41) is 0. The first kappa shape index (κ1) is 11.3. The molecule has 1 saturated carbocycles. The first-order valence-electron chi connectivity index (χ1n) is 5.84. The van der Waals surface area contributed by atoms with E-state index >= 15 is 0 Å². The summed E-state index contributed by atoms with van der Waals surface area (Å²) in [6.07, 6.45) is 2.55. The highest BCUT2D eigenvalue weighted by atomic mass is 16.5. The topological polar surface area (TPSA) is 38.5 Å². The number of hydrogen-bond acceptors (Lipinski definition) is 3. The summed E-state index contributed by atoms with van der Waals surface area (Å²) in [5.41, 5.74) is 9.34. The van der Waals surface area contributed by atoms with Gasteiger partial charge in [-0.15, -0.1) is 0 Å². The zero-order chi connectivity index (χ0) is 11.5. The fourth-order valence-corrected chi connectivity index (χ4v) is 1.98. The Hall–Kier alpha value is -1.22. The van der Waals surface area contributed by atoms with E-state index in [4.69, 9.17) is 10.5 Å². The molecule has 0 atom stereocenters. The average molecular weight is 220 g/mol. The van der Waals surface area contributed by atoms with Crippen LogP contribution in [0.2, 0.25) is 0 Å². The lowest BCUT2D eigenvalue weighted by atomic mass is 10.1. The largest absolute Gasteiger partial charge is 0.397 e. The third-order valence-electron chi connectivity index (χ3n) is 3.02. The predicted octanol–water partition coefficient (Wildman–Crippen LogP) is 2.19. The molecule has 0 bridgehead atoms. The number of ether oxygens (including phenoxy) is 1. The standard InChI is InChI=1S/C13H20N2O/c1-10-3-6-12(14)13(9-10)15(7-8-16-2)11-4-5-11/h3,6,9,11H,4-5,7-8,14H2,1-2H3. The van der Waals surface area contributed by atoms with E-state index in [-0.39, 0.29) is 0 Å². The van der Waals surface area contributed by atoms with Crippen LogP contribution < -0.4 is 10.6 Å². The molecular weight excluding hydrogens is 200 g/mol. The smallest absolute Gasteiger partial charge is 0.0637 e. The van der Waals surface area contributed by atoms with Crippen LogP contribution in [0, 0.1) is 6.92 Å². The van der Waals surface area contributed by atoms with Gasteiger partial charge in [-0.05, 0) is 37.5 Å². The van der Waals surface area contributed by atoms with E-state index in [2.05, 4.69) is 24.0 Å². The Labute approximate surface area is 97.2 Å². The van der Waals surface area contributed by atoms with Gasteiger partial charge in [-0.2, -0.15) is 0 Å². The van der Waals surface area contributed by atoms with Gasteiger partial charge in [0.15, 0.2) is 0 Å². The first-order valence-corrected chi connectivity index (χ1v) is 5.84. The van der Waals surface area contributed by atoms with Crippen molar-refractivity contribution in [2.75, 3.05) is 30.9 Å². The van der Waals surface area contributed by atoms with Crippen LogP contribution in [0.5, 0.6) is 0 Å². The van der Waals surface area contributed by atoms with Crippen molar-refractivity contribution in [1.82, 2.24) is 0 Å². The second-order valence-electron chi connectivity index (χ2n) is 4.48. The Kier molecular flexibility index (Phi) is 3.34. The second kappa shape index (κ2) is 4.74. The zero-order valence-electron chi connectivity index (χ0n) is 10.1. The highest BCUT2D eigenvalue weighted by Gasteiger charge is 2.29. The van der Waals surface area contributed by atoms with E-state index in [1.807, 2.05) is 6.07 Å². The van der Waals surface area contributed by atoms with Gasteiger partial charge < -0.3 is 15.4 Å². The van der Waals surface area contributed by atoms with Gasteiger partial charge in [-0.1, -0.05) is 6.07 Å². The predicted molar refractivity (Wildman–Crippen MR) is 67.8 cm³/mol. The van der Waals surface area contributed by atoms with Crippen molar-refractivity contribution in [2.45, 2.75) is 25.8 Å². The van der Waals surface area contributed by atoms with Crippen molar-refractivity contribution in [3.63, 3.8) is 0 Å². The maximum Gasteiger partial charge on any atom is 0.0637 e. The molecule has 0 aromatic heterocycles. The molecule has 88 valence electrons. The van der Waals surface area contributed by atoms with Crippen molar-refractivity contribution < 1.29 is 4.74 Å². The molecule has 0 unspecified atom stereocenters. The van der Waals surface area contributed by atoms with Crippen LogP contribution in [-0.2, 0) is 4.74 Å². The molecule has 1 aromatic rings. The van der Waals surface area contributed by atoms with E-state index in [0.717, 1.165) is 18.8 Å². The van der Waals surface area contributed by atoms with Crippen LogP contribution in [-0.4, -0.2) is 26.3 Å². The number of aryl methyl sites for hydroxylation is 1. The van der Waals surface area contributed by atoms with E-state index in [0.29, 0.717) is 6.04 Å². The SMILES string of the molecule is COCCN(c1cc(C)ccc1N)C1CC1. The van der Waals surface area contributed by atoms with Gasteiger partial charge in [0.05, 0.1) is 18.0 Å². The quantitative estimate of drug-likeness (QED) is 0.773. The Morgan fingerprint density at radius 2 is 2.19 bits per heavy atom. The number of anilines is 2. The van der Waals surface area contributed by atoms with Gasteiger partial charge in [-0.3, -0.25) is 0 Å². The summed E-state index contributed by atoms with van der Waals surface area (Å²) in [5.74, 6) is 0. The molecule has 0 spiro atoms. The van der Waals surface area contributed by atoms with Crippen LogP contribution in [0.25, 0.3) is 0 Å². The number of hydrogen-bond donors (Lipinski definition) is 1.